The van der Waals surface area contributed by atoms with Gasteiger partial charge in [0.25, 0.3) is 11.8 Å². The monoisotopic (exact) mass is 413 g/mol. The molecule has 2 aliphatic rings. The maximum absolute atomic E-state index is 12.1. The molecule has 0 aromatic heterocycles. The Kier molecular flexibility index (Phi) is 7.22. The molecule has 160 valence electrons. The summed E-state index contributed by atoms with van der Waals surface area (Å²) in [4.78, 5) is 59.0. The number of imide groups is 1. The van der Waals surface area contributed by atoms with Crippen molar-refractivity contribution >= 4 is 29.5 Å². The zero-order chi connectivity index (χ0) is 21.8. The van der Waals surface area contributed by atoms with Crippen LogP contribution in [0.25, 0.3) is 0 Å². The zero-order valence-corrected chi connectivity index (χ0v) is 16.3. The highest BCUT2D eigenvalue weighted by molar-refractivity contribution is 6.12. The summed E-state index contributed by atoms with van der Waals surface area (Å²) in [5.41, 5.74) is -2.12. The number of carbonyl (C=O) groups excluding carboxylic acids is 5. The summed E-state index contributed by atoms with van der Waals surface area (Å²) in [7, 11) is 0. The number of rotatable bonds is 8. The van der Waals surface area contributed by atoms with Crippen LogP contribution in [0.15, 0.2) is 12.2 Å². The van der Waals surface area contributed by atoms with Gasteiger partial charge >= 0.3 is 11.9 Å². The Morgan fingerprint density at radius 3 is 2.38 bits per heavy atom. The summed E-state index contributed by atoms with van der Waals surface area (Å²) in [5.74, 6) is -3.14. The van der Waals surface area contributed by atoms with E-state index >= 15 is 0 Å². The molecule has 2 heterocycles. The molecule has 0 aromatic rings. The molecule has 4 unspecified atom stereocenters. The Labute approximate surface area is 166 Å². The first-order valence-corrected chi connectivity index (χ1v) is 8.92. The van der Waals surface area contributed by atoms with Gasteiger partial charge in [0.05, 0.1) is 25.7 Å². The molecule has 0 radical (unpaired) electrons. The van der Waals surface area contributed by atoms with Crippen molar-refractivity contribution in [3.05, 3.63) is 12.2 Å². The molecule has 2 amide bonds. The van der Waals surface area contributed by atoms with E-state index in [0.29, 0.717) is 0 Å². The molecule has 4 atom stereocenters. The first-order valence-electron chi connectivity index (χ1n) is 8.92. The van der Waals surface area contributed by atoms with Gasteiger partial charge in [0.2, 0.25) is 6.29 Å². The Morgan fingerprint density at radius 2 is 1.83 bits per heavy atom. The molecule has 11 nitrogen and oxygen atoms in total. The van der Waals surface area contributed by atoms with E-state index in [-0.39, 0.29) is 19.6 Å². The van der Waals surface area contributed by atoms with Crippen molar-refractivity contribution in [3.63, 3.8) is 0 Å². The first kappa shape index (κ1) is 22.7. The van der Waals surface area contributed by atoms with Crippen LogP contribution in [0.4, 0.5) is 0 Å². The number of amides is 2. The second-order valence-electron chi connectivity index (χ2n) is 6.63. The van der Waals surface area contributed by atoms with Crippen LogP contribution in [0, 0.1) is 0 Å². The molecule has 0 saturated carbocycles. The van der Waals surface area contributed by atoms with Gasteiger partial charge in [-0.3, -0.25) is 24.1 Å². The Morgan fingerprint density at radius 1 is 1.21 bits per heavy atom. The van der Waals surface area contributed by atoms with Gasteiger partial charge in [0, 0.05) is 19.1 Å². The topological polar surface area (TPSA) is 146 Å². The molecule has 1 saturated heterocycles. The lowest BCUT2D eigenvalue weighted by atomic mass is 9.83. The van der Waals surface area contributed by atoms with Crippen molar-refractivity contribution < 1.29 is 48.0 Å². The van der Waals surface area contributed by atoms with Crippen molar-refractivity contribution in [1.82, 2.24) is 4.90 Å². The molecule has 0 bridgehead atoms. The van der Waals surface area contributed by atoms with Crippen LogP contribution < -0.4 is 0 Å². The standard InChI is InChI=1S/C18H23NO10/c1-10(20)18(25)11(2)27-17(28-12(3)21)8-13(18)29-16(24)9-26-7-6-19-14(22)4-5-15(19)23/h4-5,11,13,17,25H,6-9H2,1-3H3. The molecule has 1 fully saturated rings. The van der Waals surface area contributed by atoms with Gasteiger partial charge in [-0.15, -0.1) is 0 Å². The fraction of sp³-hybridized carbons (Fsp3) is 0.611. The van der Waals surface area contributed by atoms with Crippen molar-refractivity contribution in [2.75, 3.05) is 19.8 Å². The molecule has 0 aromatic carbocycles. The average molecular weight is 413 g/mol. The third kappa shape index (κ3) is 5.25. The van der Waals surface area contributed by atoms with E-state index in [4.69, 9.17) is 18.9 Å². The van der Waals surface area contributed by atoms with Crippen LogP contribution >= 0.6 is 0 Å². The number of carbonyl (C=O) groups is 5. The maximum atomic E-state index is 12.1. The fourth-order valence-electron chi connectivity index (χ4n) is 3.07. The maximum Gasteiger partial charge on any atom is 0.332 e. The van der Waals surface area contributed by atoms with E-state index in [0.717, 1.165) is 24.0 Å². The lowest BCUT2D eigenvalue weighted by Gasteiger charge is -2.44. The van der Waals surface area contributed by atoms with Crippen LogP contribution in [-0.2, 0) is 42.9 Å². The van der Waals surface area contributed by atoms with Crippen LogP contribution in [0.1, 0.15) is 27.2 Å². The van der Waals surface area contributed by atoms with Crippen LogP contribution in [0.3, 0.4) is 0 Å². The minimum Gasteiger partial charge on any atom is -0.457 e. The number of nitrogens with zero attached hydrogens (tertiary/aromatic N) is 1. The summed E-state index contributed by atoms with van der Waals surface area (Å²) >= 11 is 0. The Hall–Kier alpha value is -2.63. The molecular formula is C18H23NO10. The Balaban J connectivity index is 1.90. The highest BCUT2D eigenvalue weighted by Crippen LogP contribution is 2.33. The molecule has 11 heteroatoms. The van der Waals surface area contributed by atoms with Crippen molar-refractivity contribution in [2.45, 2.75) is 51.3 Å². The smallest absolute Gasteiger partial charge is 0.332 e. The third-order valence-corrected chi connectivity index (χ3v) is 4.59. The number of esters is 2. The van der Waals surface area contributed by atoms with E-state index in [2.05, 4.69) is 0 Å². The zero-order valence-electron chi connectivity index (χ0n) is 16.3. The summed E-state index contributed by atoms with van der Waals surface area (Å²) in [6.07, 6.45) is -1.50. The summed E-state index contributed by atoms with van der Waals surface area (Å²) in [6, 6.07) is 0. The predicted octanol–water partition coefficient (Wildman–Crippen LogP) is -1.14. The van der Waals surface area contributed by atoms with Crippen LogP contribution in [-0.4, -0.2) is 83.4 Å². The lowest BCUT2D eigenvalue weighted by molar-refractivity contribution is -0.270. The van der Waals surface area contributed by atoms with Crippen LogP contribution in [0.2, 0.25) is 0 Å². The molecular weight excluding hydrogens is 390 g/mol. The van der Waals surface area contributed by atoms with Gasteiger partial charge in [-0.1, -0.05) is 0 Å². The van der Waals surface area contributed by atoms with Gasteiger partial charge in [-0.05, 0) is 13.8 Å². The van der Waals surface area contributed by atoms with E-state index in [1.807, 2.05) is 0 Å². The summed E-state index contributed by atoms with van der Waals surface area (Å²) in [5, 5.41) is 10.7. The minimum absolute atomic E-state index is 0.0435. The number of ether oxygens (including phenoxy) is 4. The minimum atomic E-state index is -2.12. The van der Waals surface area contributed by atoms with Gasteiger partial charge in [-0.2, -0.15) is 0 Å². The van der Waals surface area contributed by atoms with Gasteiger partial charge < -0.3 is 24.1 Å². The van der Waals surface area contributed by atoms with E-state index < -0.39 is 60.2 Å². The van der Waals surface area contributed by atoms with Crippen LogP contribution in [0.5, 0.6) is 0 Å². The molecule has 1 N–H and O–H groups in total. The molecule has 2 rings (SSSR count). The normalized spacial score (nSPS) is 29.1. The number of ketones is 1. The van der Waals surface area contributed by atoms with Gasteiger partial charge in [0.1, 0.15) is 12.7 Å². The van der Waals surface area contributed by atoms with E-state index in [9.17, 15) is 29.1 Å². The first-order chi connectivity index (χ1) is 13.6. The second-order valence-corrected chi connectivity index (χ2v) is 6.63. The summed E-state index contributed by atoms with van der Waals surface area (Å²) < 4.78 is 20.6. The molecule has 0 aliphatic carbocycles. The lowest BCUT2D eigenvalue weighted by Crippen LogP contribution is -2.63. The highest BCUT2D eigenvalue weighted by Gasteiger charge is 2.54. The highest BCUT2D eigenvalue weighted by atomic mass is 16.7. The SMILES string of the molecule is CC(=O)OC1CC(OC(=O)COCCN2C(=O)C=CC2=O)C(O)(C(C)=O)C(C)O1. The summed E-state index contributed by atoms with van der Waals surface area (Å²) in [6.45, 7) is 3.00. The average Bonchev–Trinajstić information content (AvgIpc) is 2.93. The fourth-order valence-corrected chi connectivity index (χ4v) is 3.07. The molecule has 29 heavy (non-hydrogen) atoms. The number of Topliss-reactive ketones (excluding diaryl/α,β-unsaturated/α-hetero) is 1. The van der Waals surface area contributed by atoms with Gasteiger partial charge in [0.15, 0.2) is 11.4 Å². The third-order valence-electron chi connectivity index (χ3n) is 4.59. The second kappa shape index (κ2) is 9.25. The largest absolute Gasteiger partial charge is 0.457 e. The molecule has 2 aliphatic heterocycles. The number of hydrogen-bond acceptors (Lipinski definition) is 10. The van der Waals surface area contributed by atoms with Crippen molar-refractivity contribution in [2.24, 2.45) is 0 Å². The van der Waals surface area contributed by atoms with E-state index in [1.54, 1.807) is 0 Å². The quantitative estimate of drug-likeness (QED) is 0.294. The van der Waals surface area contributed by atoms with Crippen molar-refractivity contribution in [1.29, 1.82) is 0 Å². The van der Waals surface area contributed by atoms with E-state index in [1.165, 1.54) is 13.8 Å². The predicted molar refractivity (Wildman–Crippen MR) is 92.9 cm³/mol. The molecule has 0 spiro atoms. The Bertz CT molecular complexity index is 714. The number of hydrogen-bond donors (Lipinski definition) is 1. The van der Waals surface area contributed by atoms with Crippen molar-refractivity contribution in [3.8, 4) is 0 Å². The number of aliphatic hydroxyl groups is 1. The van der Waals surface area contributed by atoms with Gasteiger partial charge in [-0.25, -0.2) is 4.79 Å².